The van der Waals surface area contributed by atoms with E-state index >= 15 is 0 Å². The molecule has 9 heteroatoms. The predicted octanol–water partition coefficient (Wildman–Crippen LogP) is 2.84. The van der Waals surface area contributed by atoms with Crippen molar-refractivity contribution in [1.29, 1.82) is 0 Å². The lowest BCUT2D eigenvalue weighted by Crippen LogP contribution is -2.54. The second-order valence-corrected chi connectivity index (χ2v) is 9.41. The minimum absolute atomic E-state index is 0.0430. The summed E-state index contributed by atoms with van der Waals surface area (Å²) in [6, 6.07) is 14.5. The van der Waals surface area contributed by atoms with E-state index in [1.165, 1.54) is 18.9 Å². The first-order chi connectivity index (χ1) is 16.7. The van der Waals surface area contributed by atoms with Crippen LogP contribution in [0.15, 0.2) is 54.6 Å². The smallest absolute Gasteiger partial charge is 0.305 e. The summed E-state index contributed by atoms with van der Waals surface area (Å²) in [5, 5.41) is 14.5. The summed E-state index contributed by atoms with van der Waals surface area (Å²) >= 11 is 1.35. The largest absolute Gasteiger partial charge is 0.497 e. The van der Waals surface area contributed by atoms with E-state index in [9.17, 15) is 24.3 Å². The Hall–Kier alpha value is -3.33. The van der Waals surface area contributed by atoms with Gasteiger partial charge in [0, 0.05) is 5.75 Å². The molecular formula is C26H32N2O6S. The van der Waals surface area contributed by atoms with Crippen LogP contribution in [0.3, 0.4) is 0 Å². The van der Waals surface area contributed by atoms with E-state index in [4.69, 9.17) is 4.74 Å². The summed E-state index contributed by atoms with van der Waals surface area (Å²) < 4.78 is 5.17. The lowest BCUT2D eigenvalue weighted by Gasteiger charge is -2.24. The van der Waals surface area contributed by atoms with Gasteiger partial charge in [-0.1, -0.05) is 56.3 Å². The Morgan fingerprint density at radius 2 is 1.66 bits per heavy atom. The lowest BCUT2D eigenvalue weighted by atomic mass is 10.0. The molecule has 0 aromatic heterocycles. The molecular weight excluding hydrogens is 468 g/mol. The van der Waals surface area contributed by atoms with E-state index in [2.05, 4.69) is 10.6 Å². The number of thioether (sulfide) groups is 1. The monoisotopic (exact) mass is 500 g/mol. The van der Waals surface area contributed by atoms with Gasteiger partial charge in [-0.3, -0.25) is 19.2 Å². The highest BCUT2D eigenvalue weighted by molar-refractivity contribution is 7.99. The van der Waals surface area contributed by atoms with Gasteiger partial charge in [0.2, 0.25) is 11.8 Å². The number of aliphatic carboxylic acids is 1. The number of amides is 2. The van der Waals surface area contributed by atoms with Gasteiger partial charge >= 0.3 is 5.97 Å². The highest BCUT2D eigenvalue weighted by Gasteiger charge is 2.30. The molecule has 0 bridgehead atoms. The van der Waals surface area contributed by atoms with E-state index in [1.807, 2.05) is 30.3 Å². The Kier molecular flexibility index (Phi) is 11.3. The Balaban J connectivity index is 1.99. The van der Waals surface area contributed by atoms with Crippen molar-refractivity contribution in [3.05, 3.63) is 65.7 Å². The van der Waals surface area contributed by atoms with Gasteiger partial charge < -0.3 is 20.5 Å². The number of ketones is 1. The Morgan fingerprint density at radius 1 is 0.971 bits per heavy atom. The first-order valence-electron chi connectivity index (χ1n) is 11.3. The number of Topliss-reactive ketones (excluding diaryl/α,β-unsaturated/α-hetero) is 1. The Morgan fingerprint density at radius 3 is 2.29 bits per heavy atom. The molecule has 2 aromatic rings. The molecule has 3 N–H and O–H groups in total. The number of hydrogen-bond donors (Lipinski definition) is 3. The van der Waals surface area contributed by atoms with E-state index in [-0.39, 0.29) is 29.8 Å². The van der Waals surface area contributed by atoms with E-state index in [0.717, 1.165) is 11.1 Å². The fourth-order valence-electron chi connectivity index (χ4n) is 3.35. The first-order valence-corrected chi connectivity index (χ1v) is 12.4. The zero-order valence-electron chi connectivity index (χ0n) is 20.2. The molecule has 35 heavy (non-hydrogen) atoms. The van der Waals surface area contributed by atoms with E-state index in [0.29, 0.717) is 11.5 Å². The molecule has 2 rings (SSSR count). The SMILES string of the molecule is COc1cccc(CC(=O)N[C@H](C(=O)N[C@@H](CC(=O)O)C(=O)CSCc2ccccc2)C(C)C)c1. The van der Waals surface area contributed by atoms with Crippen molar-refractivity contribution in [3.63, 3.8) is 0 Å². The van der Waals surface area contributed by atoms with Crippen molar-refractivity contribution < 1.29 is 29.0 Å². The Bertz CT molecular complexity index is 1010. The molecule has 2 amide bonds. The maximum atomic E-state index is 13.0. The van der Waals surface area contributed by atoms with Gasteiger partial charge in [-0.15, -0.1) is 11.8 Å². The molecule has 0 fully saturated rings. The van der Waals surface area contributed by atoms with Crippen LogP contribution < -0.4 is 15.4 Å². The van der Waals surface area contributed by atoms with Crippen LogP contribution in [0.25, 0.3) is 0 Å². The molecule has 8 nitrogen and oxygen atoms in total. The fraction of sp³-hybridized carbons (Fsp3) is 0.385. The second kappa shape index (κ2) is 14.2. The zero-order valence-corrected chi connectivity index (χ0v) is 21.0. The maximum Gasteiger partial charge on any atom is 0.305 e. The highest BCUT2D eigenvalue weighted by Crippen LogP contribution is 2.15. The molecule has 0 saturated heterocycles. The third kappa shape index (κ3) is 9.82. The molecule has 0 radical (unpaired) electrons. The minimum atomic E-state index is -1.19. The summed E-state index contributed by atoms with van der Waals surface area (Å²) in [4.78, 5) is 49.6. The molecule has 0 unspecified atom stereocenters. The predicted molar refractivity (Wildman–Crippen MR) is 135 cm³/mol. The van der Waals surface area contributed by atoms with Crippen molar-refractivity contribution in [3.8, 4) is 5.75 Å². The number of methoxy groups -OCH3 is 1. The fourth-order valence-corrected chi connectivity index (χ4v) is 4.29. The minimum Gasteiger partial charge on any atom is -0.497 e. The standard InChI is InChI=1S/C26H32N2O6S/c1-17(2)25(28-23(30)13-19-10-7-11-20(12-19)34-3)26(33)27-21(14-24(31)32)22(29)16-35-15-18-8-5-4-6-9-18/h4-12,17,21,25H,13-16H2,1-3H3,(H,27,33)(H,28,30)(H,31,32)/t21-,25-/m0/s1. The number of carbonyl (C=O) groups excluding carboxylic acids is 3. The molecule has 2 aromatic carbocycles. The van der Waals surface area contributed by atoms with Crippen LogP contribution in [-0.2, 0) is 31.4 Å². The van der Waals surface area contributed by atoms with Crippen LogP contribution in [-0.4, -0.2) is 53.6 Å². The Labute approximate surface area is 209 Å². The summed E-state index contributed by atoms with van der Waals surface area (Å²) in [7, 11) is 1.54. The summed E-state index contributed by atoms with van der Waals surface area (Å²) in [6.07, 6.45) is -0.486. The van der Waals surface area contributed by atoms with Gasteiger partial charge in [0.15, 0.2) is 5.78 Å². The van der Waals surface area contributed by atoms with Crippen molar-refractivity contribution >= 4 is 35.3 Å². The van der Waals surface area contributed by atoms with Crippen molar-refractivity contribution in [2.45, 2.75) is 44.5 Å². The normalized spacial score (nSPS) is 12.5. The maximum absolute atomic E-state index is 13.0. The van der Waals surface area contributed by atoms with Crippen LogP contribution in [0, 0.1) is 5.92 Å². The summed E-state index contributed by atoms with van der Waals surface area (Å²) in [5.41, 5.74) is 1.77. The third-order valence-corrected chi connectivity index (χ3v) is 6.23. The van der Waals surface area contributed by atoms with Crippen molar-refractivity contribution in [2.24, 2.45) is 5.92 Å². The van der Waals surface area contributed by atoms with Gasteiger partial charge in [-0.05, 0) is 29.2 Å². The van der Waals surface area contributed by atoms with Crippen molar-refractivity contribution in [1.82, 2.24) is 10.6 Å². The average Bonchev–Trinajstić information content (AvgIpc) is 2.82. The van der Waals surface area contributed by atoms with Crippen LogP contribution in [0.5, 0.6) is 5.75 Å². The number of benzene rings is 2. The molecule has 0 aliphatic carbocycles. The highest BCUT2D eigenvalue weighted by atomic mass is 32.2. The molecule has 0 heterocycles. The summed E-state index contributed by atoms with van der Waals surface area (Å²) in [6.45, 7) is 3.53. The van der Waals surface area contributed by atoms with E-state index in [1.54, 1.807) is 38.1 Å². The summed E-state index contributed by atoms with van der Waals surface area (Å²) in [5.74, 6) is -1.55. The second-order valence-electron chi connectivity index (χ2n) is 8.42. The molecule has 2 atom stereocenters. The van der Waals surface area contributed by atoms with Gasteiger partial charge in [0.1, 0.15) is 11.8 Å². The van der Waals surface area contributed by atoms with Crippen LogP contribution >= 0.6 is 11.8 Å². The van der Waals surface area contributed by atoms with Gasteiger partial charge in [-0.25, -0.2) is 0 Å². The van der Waals surface area contributed by atoms with Gasteiger partial charge in [0.05, 0.1) is 31.7 Å². The number of hydrogen-bond acceptors (Lipinski definition) is 6. The number of carboxylic acids is 1. The number of carboxylic acid groups (broad SMARTS) is 1. The van der Waals surface area contributed by atoms with Crippen LogP contribution in [0.1, 0.15) is 31.4 Å². The molecule has 0 saturated carbocycles. The molecule has 0 aliphatic heterocycles. The number of nitrogens with one attached hydrogen (secondary N) is 2. The van der Waals surface area contributed by atoms with Gasteiger partial charge in [0.25, 0.3) is 0 Å². The van der Waals surface area contributed by atoms with Crippen LogP contribution in [0.2, 0.25) is 0 Å². The molecule has 188 valence electrons. The van der Waals surface area contributed by atoms with Gasteiger partial charge in [-0.2, -0.15) is 0 Å². The number of ether oxygens (including phenoxy) is 1. The topological polar surface area (TPSA) is 122 Å². The third-order valence-electron chi connectivity index (χ3n) is 5.20. The van der Waals surface area contributed by atoms with E-state index < -0.39 is 30.4 Å². The van der Waals surface area contributed by atoms with Crippen LogP contribution in [0.4, 0.5) is 0 Å². The average molecular weight is 501 g/mol. The number of carbonyl (C=O) groups is 4. The number of rotatable bonds is 14. The van der Waals surface area contributed by atoms with Crippen molar-refractivity contribution in [2.75, 3.05) is 12.9 Å². The first kappa shape index (κ1) is 27.9. The molecule has 0 aliphatic rings. The quantitative estimate of drug-likeness (QED) is 0.365. The lowest BCUT2D eigenvalue weighted by molar-refractivity contribution is -0.140. The zero-order chi connectivity index (χ0) is 25.8. The molecule has 0 spiro atoms.